The first kappa shape index (κ1) is 13.1. The summed E-state index contributed by atoms with van der Waals surface area (Å²) in [5.74, 6) is 2.30. The molecule has 0 radical (unpaired) electrons. The minimum absolute atomic E-state index is 0.189. The molecule has 3 unspecified atom stereocenters. The molecule has 1 aliphatic heterocycles. The summed E-state index contributed by atoms with van der Waals surface area (Å²) in [5, 5.41) is 0. The molecule has 1 amide bonds. The van der Waals surface area contributed by atoms with Gasteiger partial charge in [-0.25, -0.2) is 0 Å². The molecular formula is C16H25NO2. The number of amides is 1. The van der Waals surface area contributed by atoms with Crippen LogP contribution in [-0.4, -0.2) is 29.2 Å². The maximum Gasteiger partial charge on any atom is 0.226 e. The molecular weight excluding hydrogens is 238 g/mol. The summed E-state index contributed by atoms with van der Waals surface area (Å²) < 4.78 is 0. The van der Waals surface area contributed by atoms with E-state index in [4.69, 9.17) is 0 Å². The van der Waals surface area contributed by atoms with Crippen molar-refractivity contribution in [3.05, 3.63) is 0 Å². The summed E-state index contributed by atoms with van der Waals surface area (Å²) >= 11 is 0. The highest BCUT2D eigenvalue weighted by atomic mass is 16.2. The van der Waals surface area contributed by atoms with E-state index in [1.165, 1.54) is 32.1 Å². The lowest BCUT2D eigenvalue weighted by Crippen LogP contribution is -2.42. The fourth-order valence-electron chi connectivity index (χ4n) is 4.39. The molecule has 1 saturated heterocycles. The third kappa shape index (κ3) is 2.56. The molecule has 3 atom stereocenters. The largest absolute Gasteiger partial charge is 0.339 e. The van der Waals surface area contributed by atoms with Crippen molar-refractivity contribution in [1.29, 1.82) is 0 Å². The first-order valence-electron chi connectivity index (χ1n) is 7.98. The highest BCUT2D eigenvalue weighted by Gasteiger charge is 2.57. The Morgan fingerprint density at radius 3 is 2.42 bits per heavy atom. The topological polar surface area (TPSA) is 37.4 Å². The number of ketones is 1. The van der Waals surface area contributed by atoms with E-state index >= 15 is 0 Å². The first-order chi connectivity index (χ1) is 9.18. The molecule has 3 fully saturated rings. The fourth-order valence-corrected chi connectivity index (χ4v) is 4.39. The van der Waals surface area contributed by atoms with Gasteiger partial charge in [0.2, 0.25) is 5.91 Å². The highest BCUT2D eigenvalue weighted by Crippen LogP contribution is 2.58. The lowest BCUT2D eigenvalue weighted by atomic mass is 10.0. The second-order valence-corrected chi connectivity index (χ2v) is 6.73. The Morgan fingerprint density at radius 2 is 1.74 bits per heavy atom. The molecule has 1 heterocycles. The first-order valence-corrected chi connectivity index (χ1v) is 7.98. The molecule has 0 aromatic carbocycles. The molecule has 0 spiro atoms. The van der Waals surface area contributed by atoms with Gasteiger partial charge in [-0.15, -0.1) is 0 Å². The molecule has 19 heavy (non-hydrogen) atoms. The van der Waals surface area contributed by atoms with Crippen molar-refractivity contribution in [3.63, 3.8) is 0 Å². The molecule has 3 heteroatoms. The van der Waals surface area contributed by atoms with Gasteiger partial charge in [0.05, 0.1) is 0 Å². The second kappa shape index (κ2) is 5.26. The van der Waals surface area contributed by atoms with E-state index in [1.807, 2.05) is 0 Å². The quantitative estimate of drug-likeness (QED) is 0.785. The monoisotopic (exact) mass is 263 g/mol. The van der Waals surface area contributed by atoms with Crippen LogP contribution >= 0.6 is 0 Å². The van der Waals surface area contributed by atoms with E-state index in [0.29, 0.717) is 30.1 Å². The smallest absolute Gasteiger partial charge is 0.226 e. The number of rotatable bonds is 3. The van der Waals surface area contributed by atoms with Gasteiger partial charge in [0.1, 0.15) is 5.78 Å². The third-order valence-corrected chi connectivity index (χ3v) is 5.37. The number of nitrogens with zero attached hydrogens (tertiary/aromatic N) is 1. The van der Waals surface area contributed by atoms with E-state index in [9.17, 15) is 9.59 Å². The molecule has 3 rings (SSSR count). The van der Waals surface area contributed by atoms with E-state index in [0.717, 1.165) is 19.4 Å². The predicted octanol–water partition coefficient (Wildman–Crippen LogP) is 2.78. The van der Waals surface area contributed by atoms with E-state index in [2.05, 4.69) is 4.90 Å². The Labute approximate surface area is 115 Å². The third-order valence-electron chi connectivity index (χ3n) is 5.37. The van der Waals surface area contributed by atoms with E-state index in [-0.39, 0.29) is 11.8 Å². The molecule has 0 aromatic rings. The van der Waals surface area contributed by atoms with Gasteiger partial charge in [-0.2, -0.15) is 0 Å². The fraction of sp³-hybridized carbons (Fsp3) is 0.875. The summed E-state index contributed by atoms with van der Waals surface area (Å²) in [4.78, 5) is 26.2. The Bertz CT molecular complexity index is 369. The Kier molecular flexibility index (Phi) is 3.64. The zero-order chi connectivity index (χ0) is 13.4. The number of fused-ring (bicyclic) bond motifs is 1. The maximum atomic E-state index is 12.7. The lowest BCUT2D eigenvalue weighted by molar-refractivity contribution is -0.136. The van der Waals surface area contributed by atoms with Crippen molar-refractivity contribution >= 4 is 11.7 Å². The minimum Gasteiger partial charge on any atom is -0.339 e. The predicted molar refractivity (Wildman–Crippen MR) is 73.6 cm³/mol. The van der Waals surface area contributed by atoms with Crippen molar-refractivity contribution in [1.82, 2.24) is 4.90 Å². The lowest BCUT2D eigenvalue weighted by Gasteiger charge is -2.30. The average Bonchev–Trinajstić information content (AvgIpc) is 2.95. The van der Waals surface area contributed by atoms with Crippen LogP contribution in [0.15, 0.2) is 0 Å². The zero-order valence-electron chi connectivity index (χ0n) is 11.9. The Morgan fingerprint density at radius 1 is 1.00 bits per heavy atom. The molecule has 3 nitrogen and oxygen atoms in total. The second-order valence-electron chi connectivity index (χ2n) is 6.73. The highest BCUT2D eigenvalue weighted by molar-refractivity contribution is 5.84. The molecule has 2 saturated carbocycles. The van der Waals surface area contributed by atoms with Gasteiger partial charge < -0.3 is 4.90 Å². The molecule has 0 N–H and O–H groups in total. The summed E-state index contributed by atoms with van der Waals surface area (Å²) in [6.07, 6.45) is 8.90. The van der Waals surface area contributed by atoms with Crippen LogP contribution in [0.5, 0.6) is 0 Å². The van der Waals surface area contributed by atoms with Crippen LogP contribution < -0.4 is 0 Å². The number of hydrogen-bond donors (Lipinski definition) is 0. The van der Waals surface area contributed by atoms with Crippen LogP contribution in [0.3, 0.4) is 0 Å². The number of carbonyl (C=O) groups is 2. The summed E-state index contributed by atoms with van der Waals surface area (Å²) in [5.41, 5.74) is 0. The van der Waals surface area contributed by atoms with Crippen LogP contribution in [0, 0.1) is 17.8 Å². The molecule has 0 aromatic heterocycles. The van der Waals surface area contributed by atoms with Crippen LogP contribution in [0.2, 0.25) is 0 Å². The number of hydrogen-bond acceptors (Lipinski definition) is 2. The summed E-state index contributed by atoms with van der Waals surface area (Å²) in [6, 6.07) is 0.189. The van der Waals surface area contributed by atoms with E-state index < -0.39 is 0 Å². The van der Waals surface area contributed by atoms with Crippen LogP contribution in [0.25, 0.3) is 0 Å². The number of Topliss-reactive ketones (excluding diaryl/α,β-unsaturated/α-hetero) is 1. The molecule has 2 aliphatic carbocycles. The molecule has 106 valence electrons. The van der Waals surface area contributed by atoms with Crippen molar-refractivity contribution in [2.75, 3.05) is 6.54 Å². The SMILES string of the molecule is CC(=O)CC1CCCCCN1C(=O)C1C2CCCC21. The summed E-state index contributed by atoms with van der Waals surface area (Å²) in [6.45, 7) is 2.53. The van der Waals surface area contributed by atoms with Crippen LogP contribution in [0.4, 0.5) is 0 Å². The maximum absolute atomic E-state index is 12.7. The molecule has 3 aliphatic rings. The molecule has 0 bridgehead atoms. The number of carbonyl (C=O) groups excluding carboxylic acids is 2. The summed E-state index contributed by atoms with van der Waals surface area (Å²) in [7, 11) is 0. The average molecular weight is 263 g/mol. The van der Waals surface area contributed by atoms with Gasteiger partial charge in [0, 0.05) is 24.9 Å². The van der Waals surface area contributed by atoms with Crippen molar-refractivity contribution in [2.24, 2.45) is 17.8 Å². The van der Waals surface area contributed by atoms with Crippen LogP contribution in [0.1, 0.15) is 58.3 Å². The van der Waals surface area contributed by atoms with Gasteiger partial charge in [-0.05, 0) is 44.4 Å². The van der Waals surface area contributed by atoms with E-state index in [1.54, 1.807) is 6.92 Å². The standard InChI is InChI=1S/C16H25NO2/c1-11(18)10-12-6-3-2-4-9-17(12)16(19)15-13-7-5-8-14(13)15/h12-15H,2-10H2,1H3. The zero-order valence-corrected chi connectivity index (χ0v) is 11.9. The van der Waals surface area contributed by atoms with Gasteiger partial charge in [0.15, 0.2) is 0 Å². The minimum atomic E-state index is 0.189. The van der Waals surface area contributed by atoms with Gasteiger partial charge in [-0.3, -0.25) is 9.59 Å². The van der Waals surface area contributed by atoms with Gasteiger partial charge in [0.25, 0.3) is 0 Å². The van der Waals surface area contributed by atoms with Crippen molar-refractivity contribution < 1.29 is 9.59 Å². The van der Waals surface area contributed by atoms with Crippen molar-refractivity contribution in [3.8, 4) is 0 Å². The van der Waals surface area contributed by atoms with Gasteiger partial charge >= 0.3 is 0 Å². The van der Waals surface area contributed by atoms with Crippen LogP contribution in [-0.2, 0) is 9.59 Å². The Balaban J connectivity index is 1.68. The van der Waals surface area contributed by atoms with Gasteiger partial charge in [-0.1, -0.05) is 19.3 Å². The number of likely N-dealkylation sites (tertiary alicyclic amines) is 1. The normalized spacial score (nSPS) is 37.6. The Hall–Kier alpha value is -0.860. The van der Waals surface area contributed by atoms with Crippen molar-refractivity contribution in [2.45, 2.75) is 64.3 Å².